The number of anilines is 2. The standard InChI is InChI=1S/C20H19N3O3S/c1-14(27-20-21-17(24)13-18(22-20)26-2)19(25)23(15-9-5-3-6-10-15)16-11-7-4-8-12-16/h3-14H,1-2H3,(H,21,22,24). The van der Waals surface area contributed by atoms with Gasteiger partial charge in [-0.2, -0.15) is 4.98 Å². The van der Waals surface area contributed by atoms with E-state index < -0.39 is 5.25 Å². The molecule has 0 radical (unpaired) electrons. The fourth-order valence-corrected chi connectivity index (χ4v) is 3.37. The number of hydrogen-bond acceptors (Lipinski definition) is 5. The molecule has 1 unspecified atom stereocenters. The molecule has 0 saturated carbocycles. The quantitative estimate of drug-likeness (QED) is 0.521. The van der Waals surface area contributed by atoms with Crippen LogP contribution >= 0.6 is 11.8 Å². The highest BCUT2D eigenvalue weighted by Crippen LogP contribution is 2.30. The van der Waals surface area contributed by atoms with Crippen LogP contribution in [0.4, 0.5) is 11.4 Å². The summed E-state index contributed by atoms with van der Waals surface area (Å²) in [5.41, 5.74) is 1.22. The fourth-order valence-electron chi connectivity index (χ4n) is 2.53. The number of rotatable bonds is 6. The van der Waals surface area contributed by atoms with Crippen LogP contribution in [0, 0.1) is 0 Å². The third-order valence-electron chi connectivity index (χ3n) is 3.79. The minimum atomic E-state index is -0.485. The van der Waals surface area contributed by atoms with Crippen molar-refractivity contribution in [3.63, 3.8) is 0 Å². The zero-order chi connectivity index (χ0) is 19.2. The number of methoxy groups -OCH3 is 1. The number of ether oxygens (including phenoxy) is 1. The first-order valence-electron chi connectivity index (χ1n) is 8.34. The van der Waals surface area contributed by atoms with Crippen LogP contribution in [0.25, 0.3) is 0 Å². The number of carbonyl (C=O) groups is 1. The summed E-state index contributed by atoms with van der Waals surface area (Å²) in [6.45, 7) is 1.78. The Labute approximate surface area is 161 Å². The van der Waals surface area contributed by atoms with Crippen LogP contribution in [0.3, 0.4) is 0 Å². The highest BCUT2D eigenvalue weighted by Gasteiger charge is 2.25. The van der Waals surface area contributed by atoms with E-state index in [-0.39, 0.29) is 17.3 Å². The molecule has 1 aromatic heterocycles. The van der Waals surface area contributed by atoms with Crippen molar-refractivity contribution in [2.75, 3.05) is 12.0 Å². The molecule has 7 heteroatoms. The molecule has 2 aromatic carbocycles. The van der Waals surface area contributed by atoms with Crippen molar-refractivity contribution >= 4 is 29.0 Å². The van der Waals surface area contributed by atoms with Crippen LogP contribution in [0.5, 0.6) is 5.88 Å². The Morgan fingerprint density at radius 1 is 1.07 bits per heavy atom. The van der Waals surface area contributed by atoms with E-state index in [9.17, 15) is 9.59 Å². The third-order valence-corrected chi connectivity index (χ3v) is 4.76. The monoisotopic (exact) mass is 381 g/mol. The summed E-state index contributed by atoms with van der Waals surface area (Å²) in [6, 6.07) is 20.1. The van der Waals surface area contributed by atoms with Gasteiger partial charge in [0.25, 0.3) is 5.56 Å². The van der Waals surface area contributed by atoms with Crippen molar-refractivity contribution in [3.8, 4) is 5.88 Å². The summed E-state index contributed by atoms with van der Waals surface area (Å²) < 4.78 is 5.02. The smallest absolute Gasteiger partial charge is 0.255 e. The lowest BCUT2D eigenvalue weighted by molar-refractivity contribution is -0.117. The zero-order valence-electron chi connectivity index (χ0n) is 15.0. The Balaban J connectivity index is 1.90. The second-order valence-corrected chi connectivity index (χ2v) is 7.03. The lowest BCUT2D eigenvalue weighted by Gasteiger charge is -2.25. The Bertz CT molecular complexity index is 921. The van der Waals surface area contributed by atoms with Gasteiger partial charge in [-0.25, -0.2) is 0 Å². The number of amides is 1. The SMILES string of the molecule is COc1cc(=O)[nH]c(SC(C)C(=O)N(c2ccccc2)c2ccccc2)n1. The molecular weight excluding hydrogens is 362 g/mol. The van der Waals surface area contributed by atoms with Gasteiger partial charge in [0.15, 0.2) is 5.16 Å². The van der Waals surface area contributed by atoms with Gasteiger partial charge in [-0.1, -0.05) is 48.2 Å². The average Bonchev–Trinajstić information content (AvgIpc) is 2.69. The van der Waals surface area contributed by atoms with E-state index in [0.717, 1.165) is 11.4 Å². The molecule has 27 heavy (non-hydrogen) atoms. The minimum Gasteiger partial charge on any atom is -0.481 e. The van der Waals surface area contributed by atoms with Crippen LogP contribution in [0.15, 0.2) is 76.7 Å². The number of hydrogen-bond donors (Lipinski definition) is 1. The first-order valence-corrected chi connectivity index (χ1v) is 9.22. The summed E-state index contributed by atoms with van der Waals surface area (Å²) >= 11 is 1.18. The number of nitrogens with one attached hydrogen (secondary N) is 1. The van der Waals surface area contributed by atoms with Gasteiger partial charge >= 0.3 is 0 Å². The van der Waals surface area contributed by atoms with Crippen LogP contribution in [0.2, 0.25) is 0 Å². The zero-order valence-corrected chi connectivity index (χ0v) is 15.8. The van der Waals surface area contributed by atoms with Crippen LogP contribution in [-0.4, -0.2) is 28.2 Å². The molecule has 1 atom stereocenters. The van der Waals surface area contributed by atoms with Gasteiger partial charge < -0.3 is 9.72 Å². The normalized spacial score (nSPS) is 11.6. The minimum absolute atomic E-state index is 0.122. The maximum absolute atomic E-state index is 13.2. The molecule has 0 spiro atoms. The number of thioether (sulfide) groups is 1. The number of para-hydroxylation sites is 2. The molecule has 6 nitrogen and oxygen atoms in total. The van der Waals surface area contributed by atoms with Crippen LogP contribution in [0.1, 0.15) is 6.92 Å². The van der Waals surface area contributed by atoms with Gasteiger partial charge in [-0.15, -0.1) is 0 Å². The average molecular weight is 381 g/mol. The first kappa shape index (κ1) is 18.7. The van der Waals surface area contributed by atoms with Crippen molar-refractivity contribution in [3.05, 3.63) is 77.1 Å². The molecular formula is C20H19N3O3S. The van der Waals surface area contributed by atoms with E-state index in [1.807, 2.05) is 60.7 Å². The van der Waals surface area contributed by atoms with Crippen molar-refractivity contribution in [1.29, 1.82) is 0 Å². The number of nitrogens with zero attached hydrogens (tertiary/aromatic N) is 2. The molecule has 0 saturated heterocycles. The Morgan fingerprint density at radius 3 is 2.15 bits per heavy atom. The van der Waals surface area contributed by atoms with Gasteiger partial charge in [0.2, 0.25) is 11.8 Å². The van der Waals surface area contributed by atoms with Crippen molar-refractivity contribution in [2.24, 2.45) is 0 Å². The number of aromatic amines is 1. The van der Waals surface area contributed by atoms with Gasteiger partial charge in [0, 0.05) is 11.4 Å². The molecule has 0 aliphatic rings. The van der Waals surface area contributed by atoms with Crippen LogP contribution in [-0.2, 0) is 4.79 Å². The first-order chi connectivity index (χ1) is 13.1. The lowest BCUT2D eigenvalue weighted by atomic mass is 10.2. The predicted octanol–water partition coefficient (Wildman–Crippen LogP) is 3.62. The van der Waals surface area contributed by atoms with E-state index in [1.54, 1.807) is 11.8 Å². The lowest BCUT2D eigenvalue weighted by Crippen LogP contribution is -2.33. The van der Waals surface area contributed by atoms with Crippen molar-refractivity contribution < 1.29 is 9.53 Å². The Kier molecular flexibility index (Phi) is 5.93. The Morgan fingerprint density at radius 2 is 1.63 bits per heavy atom. The summed E-state index contributed by atoms with van der Waals surface area (Å²) in [5.74, 6) is 0.0896. The summed E-state index contributed by atoms with van der Waals surface area (Å²) in [5, 5.41) is -0.151. The molecule has 1 heterocycles. The maximum atomic E-state index is 13.2. The van der Waals surface area contributed by atoms with Gasteiger partial charge in [0.1, 0.15) is 0 Å². The number of carbonyl (C=O) groups excluding carboxylic acids is 1. The van der Waals surface area contributed by atoms with Gasteiger partial charge in [-0.05, 0) is 31.2 Å². The second kappa shape index (κ2) is 8.55. The molecule has 138 valence electrons. The van der Waals surface area contributed by atoms with E-state index in [4.69, 9.17) is 4.74 Å². The predicted molar refractivity (Wildman–Crippen MR) is 107 cm³/mol. The second-order valence-electron chi connectivity index (χ2n) is 5.70. The highest BCUT2D eigenvalue weighted by atomic mass is 32.2. The molecule has 3 aromatic rings. The summed E-state index contributed by atoms with van der Waals surface area (Å²) in [4.78, 5) is 33.4. The van der Waals surface area contributed by atoms with E-state index in [2.05, 4.69) is 9.97 Å². The topological polar surface area (TPSA) is 75.3 Å². The molecule has 1 amide bonds. The number of H-pyrrole nitrogens is 1. The summed E-state index contributed by atoms with van der Waals surface area (Å²) in [6.07, 6.45) is 0. The molecule has 0 bridgehead atoms. The van der Waals surface area contributed by atoms with E-state index in [1.165, 1.54) is 24.9 Å². The van der Waals surface area contributed by atoms with Crippen molar-refractivity contribution in [2.45, 2.75) is 17.3 Å². The molecule has 3 rings (SSSR count). The summed E-state index contributed by atoms with van der Waals surface area (Å²) in [7, 11) is 1.44. The highest BCUT2D eigenvalue weighted by molar-refractivity contribution is 8.00. The molecule has 1 N–H and O–H groups in total. The molecule has 0 aliphatic carbocycles. The maximum Gasteiger partial charge on any atom is 0.255 e. The van der Waals surface area contributed by atoms with Crippen molar-refractivity contribution in [1.82, 2.24) is 9.97 Å². The van der Waals surface area contributed by atoms with Gasteiger partial charge in [-0.3, -0.25) is 14.5 Å². The van der Waals surface area contributed by atoms with Crippen LogP contribution < -0.4 is 15.2 Å². The number of aromatic nitrogens is 2. The third kappa shape index (κ3) is 4.57. The van der Waals surface area contributed by atoms with E-state index >= 15 is 0 Å². The largest absolute Gasteiger partial charge is 0.481 e. The molecule has 0 fully saturated rings. The fraction of sp³-hybridized carbons (Fsp3) is 0.150. The molecule has 0 aliphatic heterocycles. The van der Waals surface area contributed by atoms with E-state index in [0.29, 0.717) is 5.16 Å². The Hall–Kier alpha value is -3.06. The van der Waals surface area contributed by atoms with Gasteiger partial charge in [0.05, 0.1) is 18.4 Å². The number of benzene rings is 2.